The van der Waals surface area contributed by atoms with Crippen LogP contribution in [0.1, 0.15) is 12.8 Å². The maximum atomic E-state index is 10.9. The highest BCUT2D eigenvalue weighted by Crippen LogP contribution is 2.23. The molecule has 1 aliphatic heterocycles. The van der Waals surface area contributed by atoms with Gasteiger partial charge in [-0.15, -0.1) is 0 Å². The Bertz CT molecular complexity index is 651. The van der Waals surface area contributed by atoms with Crippen molar-refractivity contribution in [3.63, 3.8) is 0 Å². The zero-order valence-electron chi connectivity index (χ0n) is 12.1. The Balaban J connectivity index is 1.75. The van der Waals surface area contributed by atoms with Gasteiger partial charge in [0, 0.05) is 31.6 Å². The number of carbonyl (C=O) groups is 1. The zero-order valence-corrected chi connectivity index (χ0v) is 12.1. The van der Waals surface area contributed by atoms with Crippen molar-refractivity contribution in [3.8, 4) is 0 Å². The molecule has 0 bridgehead atoms. The van der Waals surface area contributed by atoms with Gasteiger partial charge in [-0.3, -0.25) is 0 Å². The van der Waals surface area contributed by atoms with E-state index in [4.69, 9.17) is 10.1 Å². The summed E-state index contributed by atoms with van der Waals surface area (Å²) in [6.07, 6.45) is 0.870. The van der Waals surface area contributed by atoms with Crippen LogP contribution in [0.5, 0.6) is 0 Å². The van der Waals surface area contributed by atoms with Crippen molar-refractivity contribution in [1.29, 1.82) is 0 Å². The van der Waals surface area contributed by atoms with Gasteiger partial charge < -0.3 is 14.9 Å². The molecular weight excluding hydrogens is 266 g/mol. The second-order valence-corrected chi connectivity index (χ2v) is 5.47. The second-order valence-electron chi connectivity index (χ2n) is 5.47. The fourth-order valence-corrected chi connectivity index (χ4v) is 2.88. The molecule has 5 nitrogen and oxygen atoms in total. The van der Waals surface area contributed by atoms with Gasteiger partial charge in [-0.05, 0) is 31.0 Å². The predicted molar refractivity (Wildman–Crippen MR) is 82.8 cm³/mol. The Morgan fingerprint density at radius 3 is 2.67 bits per heavy atom. The van der Waals surface area contributed by atoms with Crippen LogP contribution in [0.4, 0.5) is 10.6 Å². The van der Waals surface area contributed by atoms with Crippen molar-refractivity contribution in [2.75, 3.05) is 25.0 Å². The van der Waals surface area contributed by atoms with Crippen molar-refractivity contribution >= 4 is 22.8 Å². The maximum absolute atomic E-state index is 10.9. The number of piperidine rings is 1. The number of para-hydroxylation sites is 1. The van der Waals surface area contributed by atoms with E-state index < -0.39 is 6.09 Å². The molecule has 3 rings (SSSR count). The van der Waals surface area contributed by atoms with E-state index >= 15 is 0 Å². The number of likely N-dealkylation sites (tertiary alicyclic amines) is 1. The minimum absolute atomic E-state index is 0.342. The van der Waals surface area contributed by atoms with E-state index in [-0.39, 0.29) is 0 Å². The van der Waals surface area contributed by atoms with Crippen molar-refractivity contribution in [3.05, 3.63) is 36.4 Å². The molecule has 0 aliphatic carbocycles. The average Bonchev–Trinajstić information content (AvgIpc) is 2.54. The first-order chi connectivity index (χ1) is 10.1. The topological polar surface area (TPSA) is 56.7 Å². The van der Waals surface area contributed by atoms with Crippen LogP contribution in [0.25, 0.3) is 10.9 Å². The van der Waals surface area contributed by atoms with Crippen LogP contribution in [0, 0.1) is 0 Å². The second kappa shape index (κ2) is 5.60. The van der Waals surface area contributed by atoms with E-state index in [0.717, 1.165) is 29.6 Å². The highest BCUT2D eigenvalue weighted by atomic mass is 16.4. The van der Waals surface area contributed by atoms with Gasteiger partial charge in [-0.2, -0.15) is 0 Å². The van der Waals surface area contributed by atoms with Crippen molar-refractivity contribution in [2.45, 2.75) is 18.9 Å². The highest BCUT2D eigenvalue weighted by Gasteiger charge is 2.25. The van der Waals surface area contributed by atoms with Crippen LogP contribution >= 0.6 is 0 Å². The Morgan fingerprint density at radius 1 is 1.24 bits per heavy atom. The SMILES string of the molecule is CN(c1ccc2ccccc2n1)C1CCN(C(=O)O)CC1. The van der Waals surface area contributed by atoms with E-state index in [1.165, 1.54) is 4.90 Å². The molecule has 0 atom stereocenters. The minimum Gasteiger partial charge on any atom is -0.465 e. The predicted octanol–water partition coefficient (Wildman–Crippen LogP) is 2.81. The van der Waals surface area contributed by atoms with E-state index in [2.05, 4.69) is 17.0 Å². The van der Waals surface area contributed by atoms with Crippen LogP contribution in [0.3, 0.4) is 0 Å². The molecule has 0 spiro atoms. The maximum Gasteiger partial charge on any atom is 0.407 e. The van der Waals surface area contributed by atoms with E-state index in [9.17, 15) is 4.79 Å². The number of pyridine rings is 1. The smallest absolute Gasteiger partial charge is 0.407 e. The Hall–Kier alpha value is -2.30. The van der Waals surface area contributed by atoms with E-state index in [1.807, 2.05) is 31.3 Å². The number of rotatable bonds is 2. The molecule has 1 aromatic heterocycles. The van der Waals surface area contributed by atoms with Crippen molar-refractivity contribution in [1.82, 2.24) is 9.88 Å². The molecule has 5 heteroatoms. The number of carboxylic acid groups (broad SMARTS) is 1. The lowest BCUT2D eigenvalue weighted by molar-refractivity contribution is 0.132. The summed E-state index contributed by atoms with van der Waals surface area (Å²) in [5.74, 6) is 0.947. The standard InChI is InChI=1S/C16H19N3O2/c1-18(13-8-10-19(11-9-13)16(20)21)15-7-6-12-4-2-3-5-14(12)17-15/h2-7,13H,8-11H2,1H3,(H,20,21). The fraction of sp³-hybridized carbons (Fsp3) is 0.375. The third-order valence-corrected chi connectivity index (χ3v) is 4.23. The number of hydrogen-bond donors (Lipinski definition) is 1. The molecule has 110 valence electrons. The number of fused-ring (bicyclic) bond motifs is 1. The highest BCUT2D eigenvalue weighted by molar-refractivity contribution is 5.80. The van der Waals surface area contributed by atoms with E-state index in [1.54, 1.807) is 0 Å². The first-order valence-electron chi connectivity index (χ1n) is 7.21. The van der Waals surface area contributed by atoms with Gasteiger partial charge in [-0.1, -0.05) is 18.2 Å². The molecule has 1 fully saturated rings. The molecule has 0 radical (unpaired) electrons. The largest absolute Gasteiger partial charge is 0.465 e. The van der Waals surface area contributed by atoms with Crippen LogP contribution in [0.15, 0.2) is 36.4 Å². The first-order valence-corrected chi connectivity index (χ1v) is 7.21. The molecule has 2 aromatic rings. The number of nitrogens with zero attached hydrogens (tertiary/aromatic N) is 3. The number of hydrogen-bond acceptors (Lipinski definition) is 3. The normalized spacial score (nSPS) is 16.1. The molecule has 1 aromatic carbocycles. The molecule has 0 unspecified atom stereocenters. The van der Waals surface area contributed by atoms with Gasteiger partial charge in [0.25, 0.3) is 0 Å². The van der Waals surface area contributed by atoms with Gasteiger partial charge in [-0.25, -0.2) is 9.78 Å². The summed E-state index contributed by atoms with van der Waals surface area (Å²) in [4.78, 5) is 19.3. The molecule has 1 amide bonds. The summed E-state index contributed by atoms with van der Waals surface area (Å²) >= 11 is 0. The van der Waals surface area contributed by atoms with Crippen molar-refractivity contribution in [2.24, 2.45) is 0 Å². The van der Waals surface area contributed by atoms with Crippen LogP contribution in [0.2, 0.25) is 0 Å². The van der Waals surface area contributed by atoms with Crippen LogP contribution < -0.4 is 4.90 Å². The molecule has 1 aliphatic rings. The number of anilines is 1. The fourth-order valence-electron chi connectivity index (χ4n) is 2.88. The van der Waals surface area contributed by atoms with Gasteiger partial charge in [0.2, 0.25) is 0 Å². The molecule has 21 heavy (non-hydrogen) atoms. The summed E-state index contributed by atoms with van der Waals surface area (Å²) in [5.41, 5.74) is 0.991. The first kappa shape index (κ1) is 13.7. The number of amides is 1. The van der Waals surface area contributed by atoms with Gasteiger partial charge in [0.15, 0.2) is 0 Å². The lowest BCUT2D eigenvalue weighted by atomic mass is 10.0. The Morgan fingerprint density at radius 2 is 1.95 bits per heavy atom. The van der Waals surface area contributed by atoms with Crippen molar-refractivity contribution < 1.29 is 9.90 Å². The summed E-state index contributed by atoms with van der Waals surface area (Å²) < 4.78 is 0. The van der Waals surface area contributed by atoms with E-state index in [0.29, 0.717) is 19.1 Å². The Labute approximate surface area is 123 Å². The minimum atomic E-state index is -0.820. The quantitative estimate of drug-likeness (QED) is 0.922. The van der Waals surface area contributed by atoms with Gasteiger partial charge in [0.1, 0.15) is 5.82 Å². The zero-order chi connectivity index (χ0) is 14.8. The lowest BCUT2D eigenvalue weighted by Gasteiger charge is -2.36. The summed E-state index contributed by atoms with van der Waals surface area (Å²) in [6.45, 7) is 1.19. The monoisotopic (exact) mass is 285 g/mol. The molecule has 2 heterocycles. The molecule has 1 saturated heterocycles. The number of benzene rings is 1. The molecule has 1 N–H and O–H groups in total. The Kier molecular flexibility index (Phi) is 3.64. The lowest BCUT2D eigenvalue weighted by Crippen LogP contribution is -2.45. The van der Waals surface area contributed by atoms with Crippen LogP contribution in [-0.2, 0) is 0 Å². The third kappa shape index (κ3) is 2.77. The third-order valence-electron chi connectivity index (χ3n) is 4.23. The molecular formula is C16H19N3O2. The summed E-state index contributed by atoms with van der Waals surface area (Å²) in [6, 6.07) is 12.5. The summed E-state index contributed by atoms with van der Waals surface area (Å²) in [7, 11) is 2.04. The average molecular weight is 285 g/mol. The molecule has 0 saturated carbocycles. The van der Waals surface area contributed by atoms with Gasteiger partial charge in [0.05, 0.1) is 5.52 Å². The number of aromatic nitrogens is 1. The van der Waals surface area contributed by atoms with Gasteiger partial charge >= 0.3 is 6.09 Å². The van der Waals surface area contributed by atoms with Crippen LogP contribution in [-0.4, -0.2) is 47.3 Å². The summed E-state index contributed by atoms with van der Waals surface area (Å²) in [5, 5.41) is 10.1.